The van der Waals surface area contributed by atoms with Crippen LogP contribution in [-0.2, 0) is 147 Å². The number of Topliss-reactive ketones (excluding diaryl/α,β-unsaturated/α-hetero) is 1. The number of anilines is 1. The topological polar surface area (TPSA) is 495 Å². The van der Waals surface area contributed by atoms with Crippen molar-refractivity contribution in [1.29, 1.82) is 0 Å². The average molecular weight is 1720 g/mol. The van der Waals surface area contributed by atoms with Crippen molar-refractivity contribution in [3.63, 3.8) is 0 Å². The molecule has 10 saturated heterocycles. The number of methoxy groups -OCH3 is 5. The molecule has 10 fully saturated rings. The van der Waals surface area contributed by atoms with E-state index in [4.69, 9.17) is 119 Å². The highest BCUT2D eigenvalue weighted by atomic mass is 32.2. The van der Waals surface area contributed by atoms with E-state index in [2.05, 4.69) is 9.97 Å². The standard InChI is InChI=1S/C16H20N4O8S.C16H22O7S.C12H20O6.2C10H18O5.C10H16O5.CH4/c1-6(21)26-9-4-8(10(5-25-3)27-7(2)22)28-14(9)20-12-11(29-16(20)24)13(23)19-15(17)18-12;1-10-4-6-11(7-5-10)24(18,19)20-9-12(17)13-8-14-15(21-13)23-16(2,3)22-14;1-7(6-15-4)10-5-11(16-8(2)13)12(18-10)17-9(3)14;3*1-10(2)14-8-4-7(6(11)5-12-3)13-9(8)15-10;/h8-10,14H,4-5H2,1-3H3,(H3,17,18,19,23);4-7,12-15,17H,8-9H2,1-3H3;7,10-12H,5-6H2,1-4H3;2*6-9,11H,4-5H2,1-3H3;7-9H,4-5H2,1-3H3;1H4/t8-,9+,10?,14+;12-,13-,14+,15+;7?,10-,11+,12?;6?,7-,8+,9+;6-,7-,8+,9+;7-,8+,9+;/m000000./s1. The summed E-state index contributed by atoms with van der Waals surface area (Å²) in [5, 5.41) is 29.5. The largest absolute Gasteiger partial charge is 0.458 e. The third kappa shape index (κ3) is 27.8. The molecule has 12 heterocycles. The second-order valence-corrected chi connectivity index (χ2v) is 33.3. The fraction of sp³-hybridized carbons (Fsp3) is 0.787. The van der Waals surface area contributed by atoms with Crippen molar-refractivity contribution < 1.29 is 161 Å². The Morgan fingerprint density at radius 2 is 0.991 bits per heavy atom. The molecule has 0 bridgehead atoms. The number of ether oxygens (including phenoxy) is 23. The summed E-state index contributed by atoms with van der Waals surface area (Å²) in [5.41, 5.74) is 6.00. The van der Waals surface area contributed by atoms with Gasteiger partial charge in [-0.3, -0.25) is 47.3 Å². The quantitative estimate of drug-likeness (QED) is 0.0461. The second-order valence-electron chi connectivity index (χ2n) is 30.7. The van der Waals surface area contributed by atoms with Crippen LogP contribution in [0.25, 0.3) is 10.3 Å². The van der Waals surface area contributed by atoms with Gasteiger partial charge < -0.3 is 130 Å². The van der Waals surface area contributed by atoms with Crippen LogP contribution in [-0.4, -0.2) is 295 Å². The van der Waals surface area contributed by atoms with Gasteiger partial charge in [-0.15, -0.1) is 0 Å². The number of carbonyl (C=O) groups excluding carboxylic acids is 5. The lowest BCUT2D eigenvalue weighted by atomic mass is 10.0. The summed E-state index contributed by atoms with van der Waals surface area (Å²) in [7, 11) is 3.72. The molecule has 0 aliphatic carbocycles. The number of ketones is 1. The van der Waals surface area contributed by atoms with Crippen LogP contribution in [0.1, 0.15) is 148 Å². The maximum atomic E-state index is 12.6. The molecule has 4 unspecified atom stereocenters. The fourth-order valence-electron chi connectivity index (χ4n) is 14.1. The van der Waals surface area contributed by atoms with Crippen molar-refractivity contribution in [3.8, 4) is 0 Å². The van der Waals surface area contributed by atoms with Gasteiger partial charge in [0.2, 0.25) is 12.2 Å². The van der Waals surface area contributed by atoms with Crippen molar-refractivity contribution >= 4 is 67.4 Å². The number of fused-ring (bicyclic) bond motifs is 5. The van der Waals surface area contributed by atoms with Crippen LogP contribution in [0, 0.1) is 12.8 Å². The Hall–Kier alpha value is -5.83. The SMILES string of the molecule is C.COCC(=O)[C@@H]1C[C@H]2OC(C)(C)O[C@H]2O1.COCC(C)[C@@H]1C[C@@H](OC(C)=O)C(OC(C)=O)O1.COCC(O)[C@@H]1C[C@H]2OC(C)(C)O[C@H]2O1.COCC(OC(C)=O)[C@@H]1C[C@@H](OC(C)=O)[C@H](n2c(=O)sc3c(=O)[nH]c(N)nc32)O1.COC[C@H](O)[C@@H]1C[C@H]2OC(C)(C)O[C@H]2O1.Cc1ccc(S(=O)(=O)OC[C@H](O)[C@@H]2C[C@H]3OC(C)(C)O[C@H]3O2)cc1. The zero-order valence-corrected chi connectivity index (χ0v) is 70.3. The molecule has 0 spiro atoms. The molecule has 0 radical (unpaired) electrons. The Kier molecular flexibility index (Phi) is 35.9. The number of nitrogen functional groups attached to an aromatic ring is 1. The van der Waals surface area contributed by atoms with Gasteiger partial charge in [-0.2, -0.15) is 13.4 Å². The third-order valence-electron chi connectivity index (χ3n) is 18.9. The highest BCUT2D eigenvalue weighted by molar-refractivity contribution is 7.86. The van der Waals surface area contributed by atoms with Crippen molar-refractivity contribution in [1.82, 2.24) is 14.5 Å². The normalized spacial score (nSPS) is 31.4. The molecule has 1 aromatic carbocycles. The third-order valence-corrected chi connectivity index (χ3v) is 21.1. The molecular formula is C75H118N4O36S2. The summed E-state index contributed by atoms with van der Waals surface area (Å²) in [4.78, 5) is 87.0. The summed E-state index contributed by atoms with van der Waals surface area (Å²) in [6.07, 6.45) is -8.18. The predicted octanol–water partition coefficient (Wildman–Crippen LogP) is 3.36. The summed E-state index contributed by atoms with van der Waals surface area (Å²) in [6, 6.07) is 6.31. The maximum Gasteiger partial charge on any atom is 0.311 e. The molecule has 10 aliphatic rings. The van der Waals surface area contributed by atoms with Crippen molar-refractivity contribution in [2.45, 2.75) is 306 Å². The van der Waals surface area contributed by atoms with E-state index < -0.39 is 148 Å². The molecule has 40 nitrogen and oxygen atoms in total. The van der Waals surface area contributed by atoms with Crippen LogP contribution < -0.4 is 16.2 Å². The highest BCUT2D eigenvalue weighted by Crippen LogP contribution is 2.43. The number of aromatic amines is 1. The minimum atomic E-state index is -3.92. The number of aryl methyl sites for hydroxylation is 1. The molecule has 42 heteroatoms. The van der Waals surface area contributed by atoms with Gasteiger partial charge in [0.05, 0.1) is 62.3 Å². The molecule has 666 valence electrons. The van der Waals surface area contributed by atoms with E-state index in [1.165, 1.54) is 54.0 Å². The number of hydrogen-bond donors (Lipinski definition) is 5. The van der Waals surface area contributed by atoms with Crippen LogP contribution in [0.2, 0.25) is 0 Å². The van der Waals surface area contributed by atoms with Gasteiger partial charge in [0, 0.05) is 108 Å². The lowest BCUT2D eigenvalue weighted by molar-refractivity contribution is -0.216. The van der Waals surface area contributed by atoms with Crippen molar-refractivity contribution in [2.75, 3.05) is 80.9 Å². The maximum absolute atomic E-state index is 12.6. The van der Waals surface area contributed by atoms with E-state index >= 15 is 0 Å². The number of nitrogens with one attached hydrogen (secondary N) is 1. The molecule has 117 heavy (non-hydrogen) atoms. The van der Waals surface area contributed by atoms with Crippen molar-refractivity contribution in [2.24, 2.45) is 5.92 Å². The molecule has 6 N–H and O–H groups in total. The second kappa shape index (κ2) is 42.8. The fourth-order valence-corrected chi connectivity index (χ4v) is 15.9. The summed E-state index contributed by atoms with van der Waals surface area (Å²) < 4.78 is 154. The van der Waals surface area contributed by atoms with Gasteiger partial charge >= 0.3 is 28.8 Å². The Labute approximate surface area is 682 Å². The van der Waals surface area contributed by atoms with E-state index in [0.717, 1.165) is 10.1 Å². The summed E-state index contributed by atoms with van der Waals surface area (Å²) in [6.45, 7) is 24.4. The summed E-state index contributed by atoms with van der Waals surface area (Å²) >= 11 is 0.667. The number of thiazole rings is 1. The molecular weight excluding hydrogens is 1600 g/mol. The number of rotatable bonds is 25. The average Bonchev–Trinajstić information content (AvgIpc) is 1.60. The minimum absolute atomic E-state index is 0. The Morgan fingerprint density at radius 3 is 1.42 bits per heavy atom. The number of nitrogens with two attached hydrogens (primary N) is 1. The zero-order valence-electron chi connectivity index (χ0n) is 68.7. The molecule has 2 aromatic heterocycles. The first kappa shape index (κ1) is 98.3. The molecule has 10 aliphatic heterocycles. The monoisotopic (exact) mass is 1710 g/mol. The molecule has 0 saturated carbocycles. The number of aliphatic hydroxyl groups is 3. The first-order valence-corrected chi connectivity index (χ1v) is 40.0. The number of benzene rings is 1. The number of carbonyl (C=O) groups is 5. The molecule has 0 amide bonds. The highest BCUT2D eigenvalue weighted by Gasteiger charge is 2.55. The number of aromatic nitrogens is 3. The smallest absolute Gasteiger partial charge is 0.311 e. The van der Waals surface area contributed by atoms with E-state index in [1.54, 1.807) is 47.3 Å². The number of nitrogens with zero attached hydrogens (tertiary/aromatic N) is 2. The lowest BCUT2D eigenvalue weighted by Crippen LogP contribution is -2.35. The van der Waals surface area contributed by atoms with E-state index in [-0.39, 0.29) is 135 Å². The summed E-state index contributed by atoms with van der Waals surface area (Å²) in [5.74, 6) is -4.58. The van der Waals surface area contributed by atoms with Crippen molar-refractivity contribution in [3.05, 3.63) is 49.9 Å². The Morgan fingerprint density at radius 1 is 0.556 bits per heavy atom. The van der Waals surface area contributed by atoms with Crippen LogP contribution in [0.5, 0.6) is 0 Å². The predicted molar refractivity (Wildman–Crippen MR) is 405 cm³/mol. The van der Waals surface area contributed by atoms with Gasteiger partial charge in [0.1, 0.15) is 72.3 Å². The number of aliphatic hydroxyl groups excluding tert-OH is 3. The minimum Gasteiger partial charge on any atom is -0.458 e. The first-order chi connectivity index (χ1) is 54.3. The Bertz CT molecular complexity index is 3820. The lowest BCUT2D eigenvalue weighted by Gasteiger charge is -2.22. The zero-order chi connectivity index (χ0) is 85.7. The van der Waals surface area contributed by atoms with Crippen LogP contribution in [0.4, 0.5) is 5.95 Å². The number of esters is 4. The van der Waals surface area contributed by atoms with Gasteiger partial charge in [-0.1, -0.05) is 43.4 Å². The van der Waals surface area contributed by atoms with Crippen LogP contribution in [0.15, 0.2) is 38.8 Å². The molecule has 3 aromatic rings. The molecule has 13 rings (SSSR count). The number of H-pyrrole nitrogens is 1. The Balaban J connectivity index is 0.000000197. The van der Waals surface area contributed by atoms with E-state index in [9.17, 15) is 57.3 Å². The van der Waals surface area contributed by atoms with Gasteiger partial charge in [-0.05, 0) is 74.4 Å². The van der Waals surface area contributed by atoms with Gasteiger partial charge in [0.15, 0.2) is 78.2 Å². The van der Waals surface area contributed by atoms with Crippen LogP contribution in [0.3, 0.4) is 0 Å². The van der Waals surface area contributed by atoms with Gasteiger partial charge in [0.25, 0.3) is 15.7 Å². The van der Waals surface area contributed by atoms with E-state index in [1.807, 2.05) is 55.4 Å². The number of hydrogen-bond acceptors (Lipinski definition) is 39. The molecule has 23 atom stereocenters. The van der Waals surface area contributed by atoms with Crippen LogP contribution >= 0.6 is 11.3 Å². The first-order valence-electron chi connectivity index (χ1n) is 37.8. The van der Waals surface area contributed by atoms with Gasteiger partial charge in [-0.25, -0.2) is 0 Å². The van der Waals surface area contributed by atoms with E-state index in [0.29, 0.717) is 50.0 Å².